The van der Waals surface area contributed by atoms with Gasteiger partial charge in [-0.05, 0) is 63.8 Å². The molecule has 1 N–H and O–H groups in total. The van der Waals surface area contributed by atoms with Crippen LogP contribution in [0.4, 0.5) is 0 Å². The molecule has 0 aliphatic carbocycles. The summed E-state index contributed by atoms with van der Waals surface area (Å²) in [5.41, 5.74) is 1.69. The van der Waals surface area contributed by atoms with Crippen LogP contribution in [0.25, 0.3) is 0 Å². The molecule has 7 nitrogen and oxygen atoms in total. The molecular weight excluding hydrogens is 450 g/mol. The second-order valence-electron chi connectivity index (χ2n) is 9.84. The van der Waals surface area contributed by atoms with E-state index in [4.69, 9.17) is 0 Å². The van der Waals surface area contributed by atoms with Gasteiger partial charge < -0.3 is 9.80 Å². The molecule has 1 aliphatic heterocycles. The first-order chi connectivity index (χ1) is 16.0. The van der Waals surface area contributed by atoms with Crippen molar-refractivity contribution < 1.29 is 18.0 Å². The van der Waals surface area contributed by atoms with Crippen LogP contribution in [0.3, 0.4) is 0 Å². The molecule has 0 atom stereocenters. The highest BCUT2D eigenvalue weighted by molar-refractivity contribution is 7.89. The van der Waals surface area contributed by atoms with Gasteiger partial charge in [0.25, 0.3) is 5.91 Å². The number of nitrogens with one attached hydrogen (secondary N) is 1. The molecular formula is C26H35N3O4S. The molecule has 0 unspecified atom stereocenters. The molecule has 1 heterocycles. The maximum atomic E-state index is 13.2. The van der Waals surface area contributed by atoms with Crippen molar-refractivity contribution in [3.8, 4) is 0 Å². The standard InChI is InChI=1S/C26H35N3O4S/c1-20-13-14-22(34(32,33)27-26(2,3)4)19-23(20)25(31)29-17-15-28(16-18-29)24(30)12-8-11-21-9-6-5-7-10-21/h5-7,9-10,13-14,19,27H,8,11-12,15-18H2,1-4H3. The van der Waals surface area contributed by atoms with Crippen LogP contribution in [0.5, 0.6) is 0 Å². The number of carbonyl (C=O) groups excluding carboxylic acids is 2. The molecule has 2 aromatic carbocycles. The molecule has 0 aromatic heterocycles. The molecule has 0 spiro atoms. The highest BCUT2D eigenvalue weighted by Crippen LogP contribution is 2.20. The van der Waals surface area contributed by atoms with Crippen LogP contribution < -0.4 is 4.72 Å². The quantitative estimate of drug-likeness (QED) is 0.651. The number of sulfonamides is 1. The van der Waals surface area contributed by atoms with Crippen molar-refractivity contribution in [3.63, 3.8) is 0 Å². The van der Waals surface area contributed by atoms with Crippen LogP contribution in [0.2, 0.25) is 0 Å². The first-order valence-corrected chi connectivity index (χ1v) is 13.2. The van der Waals surface area contributed by atoms with Crippen LogP contribution in [0.1, 0.15) is 55.1 Å². The Hall–Kier alpha value is -2.71. The zero-order valence-corrected chi connectivity index (χ0v) is 21.3. The third-order valence-corrected chi connectivity index (χ3v) is 7.56. The number of nitrogens with zero attached hydrogens (tertiary/aromatic N) is 2. The first-order valence-electron chi connectivity index (χ1n) is 11.7. The van der Waals surface area contributed by atoms with Gasteiger partial charge in [-0.15, -0.1) is 0 Å². The zero-order chi connectivity index (χ0) is 24.9. The van der Waals surface area contributed by atoms with Gasteiger partial charge in [0.2, 0.25) is 15.9 Å². The van der Waals surface area contributed by atoms with Crippen molar-refractivity contribution in [3.05, 3.63) is 65.2 Å². The summed E-state index contributed by atoms with van der Waals surface area (Å²) in [4.78, 5) is 29.4. The number of benzene rings is 2. The Balaban J connectivity index is 1.58. The van der Waals surface area contributed by atoms with E-state index in [9.17, 15) is 18.0 Å². The summed E-state index contributed by atoms with van der Waals surface area (Å²) in [6, 6.07) is 14.8. The first kappa shape index (κ1) is 25.9. The Kier molecular flexibility index (Phi) is 8.15. The minimum Gasteiger partial charge on any atom is -0.339 e. The molecule has 1 saturated heterocycles. The van der Waals surface area contributed by atoms with E-state index < -0.39 is 15.6 Å². The van der Waals surface area contributed by atoms with Crippen molar-refractivity contribution in [2.24, 2.45) is 0 Å². The highest BCUT2D eigenvalue weighted by Gasteiger charge is 2.27. The van der Waals surface area contributed by atoms with E-state index in [2.05, 4.69) is 16.9 Å². The second kappa shape index (κ2) is 10.7. The van der Waals surface area contributed by atoms with E-state index in [0.717, 1.165) is 18.4 Å². The number of amides is 2. The molecule has 34 heavy (non-hydrogen) atoms. The van der Waals surface area contributed by atoms with Crippen molar-refractivity contribution in [1.82, 2.24) is 14.5 Å². The molecule has 0 saturated carbocycles. The van der Waals surface area contributed by atoms with Gasteiger partial charge in [-0.2, -0.15) is 0 Å². The Morgan fingerprint density at radius 3 is 2.18 bits per heavy atom. The normalized spacial score (nSPS) is 14.8. The van der Waals surface area contributed by atoms with E-state index in [1.165, 1.54) is 17.7 Å². The maximum absolute atomic E-state index is 13.2. The fourth-order valence-corrected chi connectivity index (χ4v) is 5.48. The van der Waals surface area contributed by atoms with Crippen molar-refractivity contribution in [2.45, 2.75) is 57.4 Å². The van der Waals surface area contributed by atoms with Crippen LogP contribution in [0, 0.1) is 6.92 Å². The largest absolute Gasteiger partial charge is 0.339 e. The molecule has 8 heteroatoms. The van der Waals surface area contributed by atoms with Gasteiger partial charge in [-0.3, -0.25) is 9.59 Å². The number of carbonyl (C=O) groups is 2. The van der Waals surface area contributed by atoms with Crippen LogP contribution in [0.15, 0.2) is 53.4 Å². The van der Waals surface area contributed by atoms with E-state index in [1.807, 2.05) is 23.1 Å². The second-order valence-corrected chi connectivity index (χ2v) is 11.5. The third kappa shape index (κ3) is 6.90. The number of piperazine rings is 1. The lowest BCUT2D eigenvalue weighted by atomic mass is 10.1. The lowest BCUT2D eigenvalue weighted by Gasteiger charge is -2.35. The Morgan fingerprint density at radius 2 is 1.56 bits per heavy atom. The van der Waals surface area contributed by atoms with Gasteiger partial charge in [0, 0.05) is 43.7 Å². The van der Waals surface area contributed by atoms with Crippen LogP contribution >= 0.6 is 0 Å². The lowest BCUT2D eigenvalue weighted by molar-refractivity contribution is -0.132. The average molecular weight is 486 g/mol. The molecule has 3 rings (SSSR count). The Bertz CT molecular complexity index is 1120. The average Bonchev–Trinajstić information content (AvgIpc) is 2.78. The molecule has 0 bridgehead atoms. The SMILES string of the molecule is Cc1ccc(S(=O)(=O)NC(C)(C)C)cc1C(=O)N1CCN(C(=O)CCCc2ccccc2)CC1. The van der Waals surface area contributed by atoms with Crippen LogP contribution in [-0.4, -0.2) is 61.7 Å². The Morgan fingerprint density at radius 1 is 0.941 bits per heavy atom. The van der Waals surface area contributed by atoms with Gasteiger partial charge in [0.1, 0.15) is 0 Å². The highest BCUT2D eigenvalue weighted by atomic mass is 32.2. The summed E-state index contributed by atoms with van der Waals surface area (Å²) in [6.45, 7) is 8.94. The molecule has 1 aliphatic rings. The third-order valence-electron chi connectivity index (χ3n) is 5.81. The molecule has 1 fully saturated rings. The fraction of sp³-hybridized carbons (Fsp3) is 0.462. The summed E-state index contributed by atoms with van der Waals surface area (Å²) in [6.07, 6.45) is 2.15. The van der Waals surface area contributed by atoms with Gasteiger partial charge in [0.15, 0.2) is 0 Å². The van der Waals surface area contributed by atoms with Gasteiger partial charge in [0.05, 0.1) is 4.90 Å². The monoisotopic (exact) mass is 485 g/mol. The van der Waals surface area contributed by atoms with Crippen molar-refractivity contribution in [1.29, 1.82) is 0 Å². The number of rotatable bonds is 7. The van der Waals surface area contributed by atoms with E-state index in [-0.39, 0.29) is 16.7 Å². The minimum atomic E-state index is -3.74. The smallest absolute Gasteiger partial charge is 0.254 e. The fourth-order valence-electron chi connectivity index (χ4n) is 4.04. The van der Waals surface area contributed by atoms with Gasteiger partial charge in [-0.1, -0.05) is 36.4 Å². The number of aryl methyl sites for hydroxylation is 2. The summed E-state index contributed by atoms with van der Waals surface area (Å²) < 4.78 is 28.1. The lowest BCUT2D eigenvalue weighted by Crippen LogP contribution is -2.50. The molecule has 184 valence electrons. The summed E-state index contributed by atoms with van der Waals surface area (Å²) in [5.74, 6) is -0.0953. The number of hydrogen-bond acceptors (Lipinski definition) is 4. The van der Waals surface area contributed by atoms with Crippen molar-refractivity contribution >= 4 is 21.8 Å². The topological polar surface area (TPSA) is 86.8 Å². The predicted octanol–water partition coefficient (Wildman–Crippen LogP) is 3.38. The summed E-state index contributed by atoms with van der Waals surface area (Å²) in [7, 11) is -3.74. The van der Waals surface area contributed by atoms with E-state index in [0.29, 0.717) is 38.2 Å². The van der Waals surface area contributed by atoms with Crippen LogP contribution in [-0.2, 0) is 21.2 Å². The Labute approximate surface area is 203 Å². The summed E-state index contributed by atoms with van der Waals surface area (Å²) >= 11 is 0. The number of hydrogen-bond donors (Lipinski definition) is 1. The van der Waals surface area contributed by atoms with Gasteiger partial charge in [-0.25, -0.2) is 13.1 Å². The maximum Gasteiger partial charge on any atom is 0.254 e. The molecule has 2 aromatic rings. The molecule has 0 radical (unpaired) electrons. The van der Waals surface area contributed by atoms with E-state index in [1.54, 1.807) is 38.7 Å². The van der Waals surface area contributed by atoms with Crippen molar-refractivity contribution in [2.75, 3.05) is 26.2 Å². The minimum absolute atomic E-state index is 0.0728. The predicted molar refractivity (Wildman–Crippen MR) is 133 cm³/mol. The zero-order valence-electron chi connectivity index (χ0n) is 20.5. The molecule has 2 amide bonds. The van der Waals surface area contributed by atoms with Gasteiger partial charge >= 0.3 is 0 Å². The van der Waals surface area contributed by atoms with E-state index >= 15 is 0 Å². The summed E-state index contributed by atoms with van der Waals surface area (Å²) in [5, 5.41) is 0.